The van der Waals surface area contributed by atoms with Crippen LogP contribution in [0.25, 0.3) is 5.52 Å². The fraction of sp³-hybridized carbons (Fsp3) is 0.231. The van der Waals surface area contributed by atoms with E-state index in [4.69, 9.17) is 4.42 Å². The predicted molar refractivity (Wildman–Crippen MR) is 121 cm³/mol. The van der Waals surface area contributed by atoms with E-state index in [0.717, 1.165) is 35.2 Å². The number of fused-ring (bicyclic) bond motifs is 1. The first-order valence-electron chi connectivity index (χ1n) is 10.8. The smallest absolute Gasteiger partial charge is 0.251 e. The lowest BCUT2D eigenvalue weighted by Crippen LogP contribution is -2.25. The van der Waals surface area contributed by atoms with Gasteiger partial charge in [0.1, 0.15) is 11.8 Å². The van der Waals surface area contributed by atoms with Crippen LogP contribution in [0.2, 0.25) is 0 Å². The lowest BCUT2D eigenvalue weighted by molar-refractivity contribution is 0.0951. The van der Waals surface area contributed by atoms with Gasteiger partial charge in [-0.15, -0.1) is 0 Å². The Hall–Kier alpha value is -3.82. The monoisotopic (exact) mass is 424 g/mol. The quantitative estimate of drug-likeness (QED) is 0.452. The number of nitriles is 1. The number of amides is 1. The fourth-order valence-electron chi connectivity index (χ4n) is 3.97. The number of rotatable bonds is 8. The largest absolute Gasteiger partial charge is 0.468 e. The maximum Gasteiger partial charge on any atom is 0.251 e. The molecule has 0 saturated heterocycles. The molecule has 0 aliphatic heterocycles. The highest BCUT2D eigenvalue weighted by molar-refractivity contribution is 5.94. The number of hydrogen-bond donors (Lipinski definition) is 1. The Labute approximate surface area is 186 Å². The molecule has 4 aromatic rings. The van der Waals surface area contributed by atoms with Gasteiger partial charge in [-0.2, -0.15) is 5.26 Å². The van der Waals surface area contributed by atoms with Crippen molar-refractivity contribution >= 4 is 11.4 Å². The first-order chi connectivity index (χ1) is 15.7. The number of nitrogens with zero attached hydrogens (tertiary/aromatic N) is 3. The van der Waals surface area contributed by atoms with Gasteiger partial charge in [-0.25, -0.2) is 0 Å². The summed E-state index contributed by atoms with van der Waals surface area (Å²) < 4.78 is 7.58. The summed E-state index contributed by atoms with van der Waals surface area (Å²) in [6.45, 7) is 1.89. The van der Waals surface area contributed by atoms with Gasteiger partial charge < -0.3 is 14.1 Å². The van der Waals surface area contributed by atoms with Crippen molar-refractivity contribution in [3.8, 4) is 6.07 Å². The molecule has 1 fully saturated rings. The molecule has 32 heavy (non-hydrogen) atoms. The molecule has 0 spiro atoms. The van der Waals surface area contributed by atoms with Crippen molar-refractivity contribution in [2.75, 3.05) is 0 Å². The molecule has 1 aliphatic rings. The zero-order chi connectivity index (χ0) is 21.9. The van der Waals surface area contributed by atoms with E-state index in [1.165, 1.54) is 0 Å². The molecule has 0 bridgehead atoms. The van der Waals surface area contributed by atoms with E-state index >= 15 is 0 Å². The van der Waals surface area contributed by atoms with Gasteiger partial charge in [-0.1, -0.05) is 18.2 Å². The van der Waals surface area contributed by atoms with Gasteiger partial charge in [0.2, 0.25) is 0 Å². The second-order valence-electron chi connectivity index (χ2n) is 8.30. The van der Waals surface area contributed by atoms with Gasteiger partial charge in [0, 0.05) is 42.7 Å². The second kappa shape index (κ2) is 8.74. The van der Waals surface area contributed by atoms with Crippen LogP contribution in [-0.4, -0.2) is 21.2 Å². The molecule has 1 aliphatic carbocycles. The number of carbonyl (C=O) groups is 1. The van der Waals surface area contributed by atoms with Gasteiger partial charge in [0.15, 0.2) is 0 Å². The normalized spacial score (nSPS) is 13.4. The first-order valence-corrected chi connectivity index (χ1v) is 10.8. The van der Waals surface area contributed by atoms with E-state index in [9.17, 15) is 10.1 Å². The third-order valence-corrected chi connectivity index (χ3v) is 5.76. The fourth-order valence-corrected chi connectivity index (χ4v) is 3.97. The highest BCUT2D eigenvalue weighted by Gasteiger charge is 2.23. The Balaban J connectivity index is 1.37. The van der Waals surface area contributed by atoms with Gasteiger partial charge in [-0.3, -0.25) is 9.69 Å². The molecule has 6 nitrogen and oxygen atoms in total. The first kappa shape index (κ1) is 20.1. The number of nitrogens with one attached hydrogen (secondary N) is 1. The summed E-state index contributed by atoms with van der Waals surface area (Å²) in [7, 11) is 0. The van der Waals surface area contributed by atoms with Crippen molar-refractivity contribution in [3.63, 3.8) is 0 Å². The van der Waals surface area contributed by atoms with Crippen LogP contribution < -0.4 is 5.32 Å². The number of carbonyl (C=O) groups excluding carboxylic acids is 1. The van der Waals surface area contributed by atoms with Crippen molar-refractivity contribution in [2.24, 2.45) is 0 Å². The molecule has 1 amide bonds. The molecule has 6 heteroatoms. The van der Waals surface area contributed by atoms with E-state index in [1.54, 1.807) is 6.26 Å². The number of benzene rings is 1. The zero-order valence-electron chi connectivity index (χ0n) is 17.7. The molecule has 3 aromatic heterocycles. The lowest BCUT2D eigenvalue weighted by atomic mass is 10.1. The van der Waals surface area contributed by atoms with Gasteiger partial charge in [0.05, 0.1) is 23.9 Å². The lowest BCUT2D eigenvalue weighted by Gasteiger charge is -2.21. The van der Waals surface area contributed by atoms with Crippen LogP contribution in [0.1, 0.15) is 45.7 Å². The highest BCUT2D eigenvalue weighted by Crippen LogP contribution is 2.22. The molecule has 5 rings (SSSR count). The van der Waals surface area contributed by atoms with Crippen molar-refractivity contribution in [3.05, 3.63) is 101 Å². The van der Waals surface area contributed by atoms with Crippen LogP contribution in [0.15, 0.2) is 77.7 Å². The van der Waals surface area contributed by atoms with Crippen molar-refractivity contribution in [1.29, 1.82) is 5.26 Å². The predicted octanol–water partition coefficient (Wildman–Crippen LogP) is 4.50. The minimum Gasteiger partial charge on any atom is -0.468 e. The van der Waals surface area contributed by atoms with E-state index in [2.05, 4.69) is 16.3 Å². The zero-order valence-corrected chi connectivity index (χ0v) is 17.7. The van der Waals surface area contributed by atoms with Crippen LogP contribution in [-0.2, 0) is 19.6 Å². The molecule has 1 aromatic carbocycles. The summed E-state index contributed by atoms with van der Waals surface area (Å²) in [5, 5.41) is 12.8. The number of hydrogen-bond acceptors (Lipinski definition) is 4. The highest BCUT2D eigenvalue weighted by atomic mass is 16.3. The van der Waals surface area contributed by atoms with Crippen LogP contribution >= 0.6 is 0 Å². The molecule has 0 atom stereocenters. The number of aromatic nitrogens is 1. The summed E-state index contributed by atoms with van der Waals surface area (Å²) in [6, 6.07) is 20.2. The molecular weight excluding hydrogens is 400 g/mol. The van der Waals surface area contributed by atoms with Crippen LogP contribution in [0.3, 0.4) is 0 Å². The minimum atomic E-state index is -0.00865. The summed E-state index contributed by atoms with van der Waals surface area (Å²) in [6.07, 6.45) is 7.81. The van der Waals surface area contributed by atoms with Crippen molar-refractivity contribution < 1.29 is 9.21 Å². The Bertz CT molecular complexity index is 1260. The van der Waals surface area contributed by atoms with Crippen molar-refractivity contribution in [2.45, 2.75) is 38.5 Å². The summed E-state index contributed by atoms with van der Waals surface area (Å²) in [5.41, 5.74) is 4.37. The Morgan fingerprint density at radius 3 is 2.66 bits per heavy atom. The third kappa shape index (κ3) is 4.43. The molecule has 0 radical (unpaired) electrons. The maximum atomic E-state index is 12.3. The summed E-state index contributed by atoms with van der Waals surface area (Å²) in [5.74, 6) is 0.860. The number of furan rings is 1. The Kier molecular flexibility index (Phi) is 5.49. The third-order valence-electron chi connectivity index (χ3n) is 5.76. The van der Waals surface area contributed by atoms with Gasteiger partial charge >= 0.3 is 0 Å². The standard InChI is InChI=1S/C26H24N4O2/c27-14-24-21(17-30-12-2-1-5-25(24)30)16-29(18-23-4-3-13-32-23)15-19-6-8-20(9-7-19)26(31)28-22-10-11-22/h1-9,12-13,17,22H,10-11,15-16,18H2,(H,28,31). The summed E-state index contributed by atoms with van der Waals surface area (Å²) >= 11 is 0. The second-order valence-corrected chi connectivity index (χ2v) is 8.30. The SMILES string of the molecule is N#Cc1c(CN(Cc2ccc(C(=O)NC3CC3)cc2)Cc2ccco2)cn2ccccc12. The van der Waals surface area contributed by atoms with Gasteiger partial charge in [0.25, 0.3) is 5.91 Å². The van der Waals surface area contributed by atoms with Crippen LogP contribution in [0.5, 0.6) is 0 Å². The average molecular weight is 425 g/mol. The van der Waals surface area contributed by atoms with E-state index < -0.39 is 0 Å². The Morgan fingerprint density at radius 1 is 1.09 bits per heavy atom. The van der Waals surface area contributed by atoms with E-state index in [0.29, 0.717) is 36.8 Å². The van der Waals surface area contributed by atoms with Crippen LogP contribution in [0, 0.1) is 11.3 Å². The maximum absolute atomic E-state index is 12.3. The molecule has 1 N–H and O–H groups in total. The van der Waals surface area contributed by atoms with Gasteiger partial charge in [-0.05, 0) is 54.8 Å². The van der Waals surface area contributed by atoms with E-state index in [-0.39, 0.29) is 5.91 Å². The van der Waals surface area contributed by atoms with Crippen molar-refractivity contribution in [1.82, 2.24) is 14.6 Å². The molecule has 160 valence electrons. The molecule has 3 heterocycles. The topological polar surface area (TPSA) is 73.7 Å². The summed E-state index contributed by atoms with van der Waals surface area (Å²) in [4.78, 5) is 14.5. The average Bonchev–Trinajstić information content (AvgIpc) is 3.33. The van der Waals surface area contributed by atoms with Crippen LogP contribution in [0.4, 0.5) is 0 Å². The molecule has 1 saturated carbocycles. The minimum absolute atomic E-state index is 0.00865. The molecule has 0 unspecified atom stereocenters. The molecular formula is C26H24N4O2. The van der Waals surface area contributed by atoms with E-state index in [1.807, 2.05) is 71.4 Å². The Morgan fingerprint density at radius 2 is 1.94 bits per heavy atom. The number of pyridine rings is 1.